The van der Waals surface area contributed by atoms with E-state index in [4.69, 9.17) is 4.74 Å². The minimum absolute atomic E-state index is 0.109. The monoisotopic (exact) mass is 501 g/mol. The number of aromatic nitrogens is 5. The largest absolute Gasteiger partial charge is 0.497 e. The average Bonchev–Trinajstić information content (AvgIpc) is 3.40. The maximum atomic E-state index is 13.5. The Morgan fingerprint density at radius 2 is 1.78 bits per heavy atom. The van der Waals surface area contributed by atoms with Gasteiger partial charge in [-0.05, 0) is 85.5 Å². The topological polar surface area (TPSA) is 92.2 Å². The van der Waals surface area contributed by atoms with E-state index in [2.05, 4.69) is 76.2 Å². The zero-order chi connectivity index (χ0) is 26.2. The Bertz CT molecular complexity index is 1430. The summed E-state index contributed by atoms with van der Waals surface area (Å²) in [4.78, 5) is 21.3. The molecule has 9 heteroatoms. The van der Waals surface area contributed by atoms with E-state index in [1.165, 1.54) is 0 Å². The summed E-state index contributed by atoms with van der Waals surface area (Å²) >= 11 is 0. The summed E-state index contributed by atoms with van der Waals surface area (Å²) in [6, 6.07) is 15.9. The first-order chi connectivity index (χ1) is 17.8. The lowest BCUT2D eigenvalue weighted by atomic mass is 9.98. The van der Waals surface area contributed by atoms with Gasteiger partial charge in [0.25, 0.3) is 5.56 Å². The number of hydrogen-bond donors (Lipinski definition) is 1. The minimum Gasteiger partial charge on any atom is -0.497 e. The number of fused-ring (bicyclic) bond motifs is 1. The number of nitrogens with zero attached hydrogens (tertiary/aromatic N) is 6. The predicted octanol–water partition coefficient (Wildman–Crippen LogP) is 3.89. The third-order valence-electron chi connectivity index (χ3n) is 7.62. The van der Waals surface area contributed by atoms with E-state index in [9.17, 15) is 4.79 Å². The molecule has 0 unspecified atom stereocenters. The van der Waals surface area contributed by atoms with Gasteiger partial charge in [0.2, 0.25) is 0 Å². The Kier molecular flexibility index (Phi) is 6.72. The van der Waals surface area contributed by atoms with Crippen LogP contribution in [-0.4, -0.2) is 63.4 Å². The van der Waals surface area contributed by atoms with Gasteiger partial charge in [-0.15, -0.1) is 5.10 Å². The highest BCUT2D eigenvalue weighted by molar-refractivity contribution is 5.79. The van der Waals surface area contributed by atoms with Crippen LogP contribution in [0, 0.1) is 6.92 Å². The van der Waals surface area contributed by atoms with Gasteiger partial charge in [0.05, 0.1) is 12.6 Å². The molecule has 1 fully saturated rings. The van der Waals surface area contributed by atoms with Crippen LogP contribution in [0.4, 0.5) is 5.69 Å². The lowest BCUT2D eigenvalue weighted by molar-refractivity contribution is 0.186. The second kappa shape index (κ2) is 9.97. The fraction of sp³-hybridized carbons (Fsp3) is 0.429. The molecule has 1 atom stereocenters. The van der Waals surface area contributed by atoms with Gasteiger partial charge >= 0.3 is 0 Å². The second-order valence-corrected chi connectivity index (χ2v) is 10.4. The van der Waals surface area contributed by atoms with Gasteiger partial charge in [0.15, 0.2) is 5.82 Å². The molecule has 0 amide bonds. The van der Waals surface area contributed by atoms with Crippen molar-refractivity contribution in [1.82, 2.24) is 30.1 Å². The number of piperazine rings is 1. The summed E-state index contributed by atoms with van der Waals surface area (Å²) < 4.78 is 7.21. The van der Waals surface area contributed by atoms with Crippen LogP contribution in [0.1, 0.15) is 50.2 Å². The molecular formula is C28H35N7O2. The maximum Gasteiger partial charge on any atom is 0.253 e. The fourth-order valence-corrected chi connectivity index (χ4v) is 5.02. The number of aryl methyl sites for hydroxylation is 1. The molecule has 2 aromatic heterocycles. The molecule has 1 N–H and O–H groups in total. The van der Waals surface area contributed by atoms with Crippen LogP contribution in [0.2, 0.25) is 0 Å². The molecule has 194 valence electrons. The van der Waals surface area contributed by atoms with Crippen molar-refractivity contribution in [3.8, 4) is 5.75 Å². The predicted molar refractivity (Wildman–Crippen MR) is 145 cm³/mol. The molecule has 4 aromatic rings. The van der Waals surface area contributed by atoms with E-state index in [1.807, 2.05) is 35.0 Å². The van der Waals surface area contributed by atoms with Crippen molar-refractivity contribution in [1.29, 1.82) is 0 Å². The van der Waals surface area contributed by atoms with Crippen LogP contribution in [0.15, 0.2) is 53.3 Å². The first kappa shape index (κ1) is 25.0. The van der Waals surface area contributed by atoms with Gasteiger partial charge in [-0.3, -0.25) is 9.69 Å². The molecule has 37 heavy (non-hydrogen) atoms. The summed E-state index contributed by atoms with van der Waals surface area (Å²) in [7, 11) is 1.68. The molecule has 0 spiro atoms. The summed E-state index contributed by atoms with van der Waals surface area (Å²) in [5.41, 5.74) is 3.40. The summed E-state index contributed by atoms with van der Waals surface area (Å²) in [5, 5.41) is 13.9. The zero-order valence-electron chi connectivity index (χ0n) is 22.2. The zero-order valence-corrected chi connectivity index (χ0v) is 22.2. The highest BCUT2D eigenvalue weighted by Crippen LogP contribution is 2.32. The van der Waals surface area contributed by atoms with E-state index in [-0.39, 0.29) is 17.1 Å². The minimum atomic E-state index is -0.368. The van der Waals surface area contributed by atoms with Crippen molar-refractivity contribution in [2.45, 2.75) is 45.7 Å². The standard InChI is InChI=1S/C28H35N7O2/c1-6-28(3,4)35-26(30-31-32-35)25(23-18-20-17-19(2)7-12-24(20)29-27(23)36)34-15-13-33(14-16-34)21-8-10-22(37-5)11-9-21/h7-12,17-18,25H,6,13-16H2,1-5H3,(H,29,36)/t25-/m0/s1. The van der Waals surface area contributed by atoms with Crippen LogP contribution in [0.3, 0.4) is 0 Å². The molecule has 5 rings (SSSR count). The van der Waals surface area contributed by atoms with Crippen molar-refractivity contribution >= 4 is 16.6 Å². The number of anilines is 1. The number of methoxy groups -OCH3 is 1. The van der Waals surface area contributed by atoms with Gasteiger partial charge in [-0.25, -0.2) is 4.68 Å². The lowest BCUT2D eigenvalue weighted by Crippen LogP contribution is -2.49. The van der Waals surface area contributed by atoms with Gasteiger partial charge in [-0.1, -0.05) is 18.6 Å². The number of ether oxygens (including phenoxy) is 1. The smallest absolute Gasteiger partial charge is 0.253 e. The van der Waals surface area contributed by atoms with E-state index in [1.54, 1.807) is 7.11 Å². The Morgan fingerprint density at radius 1 is 1.05 bits per heavy atom. The number of benzene rings is 2. The number of hydrogen-bond acceptors (Lipinski definition) is 7. The molecule has 0 bridgehead atoms. The van der Waals surface area contributed by atoms with Gasteiger partial charge < -0.3 is 14.6 Å². The van der Waals surface area contributed by atoms with Crippen LogP contribution in [0.5, 0.6) is 5.75 Å². The number of aromatic amines is 1. The number of tetrazole rings is 1. The van der Waals surface area contributed by atoms with Crippen molar-refractivity contribution in [2.75, 3.05) is 38.2 Å². The van der Waals surface area contributed by atoms with Crippen molar-refractivity contribution in [3.05, 3.63) is 75.8 Å². The molecule has 9 nitrogen and oxygen atoms in total. The highest BCUT2D eigenvalue weighted by atomic mass is 16.5. The van der Waals surface area contributed by atoms with Crippen molar-refractivity contribution in [3.63, 3.8) is 0 Å². The quantitative estimate of drug-likeness (QED) is 0.411. The SMILES string of the molecule is CCC(C)(C)n1nnnc1[C@H](c1cc2cc(C)ccc2[nH]c1=O)N1CCN(c2ccc(OC)cc2)CC1. The third-order valence-corrected chi connectivity index (χ3v) is 7.62. The Balaban J connectivity index is 1.54. The summed E-state index contributed by atoms with van der Waals surface area (Å²) in [6.07, 6.45) is 0.857. The first-order valence-electron chi connectivity index (χ1n) is 12.9. The van der Waals surface area contributed by atoms with Crippen LogP contribution >= 0.6 is 0 Å². The average molecular weight is 502 g/mol. The van der Waals surface area contributed by atoms with E-state index in [0.717, 1.165) is 60.5 Å². The second-order valence-electron chi connectivity index (χ2n) is 10.4. The molecule has 1 aliphatic heterocycles. The van der Waals surface area contributed by atoms with Crippen molar-refractivity contribution < 1.29 is 4.74 Å². The lowest BCUT2D eigenvalue weighted by Gasteiger charge is -2.40. The first-order valence-corrected chi connectivity index (χ1v) is 12.9. The molecule has 1 aliphatic rings. The Labute approximate surface area is 217 Å². The number of H-pyrrole nitrogens is 1. The highest BCUT2D eigenvalue weighted by Gasteiger charge is 2.35. The molecule has 2 aromatic carbocycles. The fourth-order valence-electron chi connectivity index (χ4n) is 5.02. The van der Waals surface area contributed by atoms with E-state index >= 15 is 0 Å². The third kappa shape index (κ3) is 4.83. The summed E-state index contributed by atoms with van der Waals surface area (Å²) in [5.74, 6) is 1.54. The van der Waals surface area contributed by atoms with E-state index < -0.39 is 0 Å². The normalized spacial score (nSPS) is 15.8. The number of rotatable bonds is 7. The van der Waals surface area contributed by atoms with E-state index in [0.29, 0.717) is 11.4 Å². The molecule has 1 saturated heterocycles. The maximum absolute atomic E-state index is 13.5. The molecular weight excluding hydrogens is 466 g/mol. The van der Waals surface area contributed by atoms with Crippen molar-refractivity contribution in [2.24, 2.45) is 0 Å². The van der Waals surface area contributed by atoms with Gasteiger partial charge in [0, 0.05) is 42.9 Å². The molecule has 3 heterocycles. The Hall–Kier alpha value is -3.72. The van der Waals surface area contributed by atoms with Gasteiger partial charge in [-0.2, -0.15) is 0 Å². The number of pyridine rings is 1. The van der Waals surface area contributed by atoms with Crippen LogP contribution in [0.25, 0.3) is 10.9 Å². The number of nitrogens with one attached hydrogen (secondary N) is 1. The molecule has 0 aliphatic carbocycles. The summed E-state index contributed by atoms with van der Waals surface area (Å²) in [6.45, 7) is 11.6. The Morgan fingerprint density at radius 3 is 2.46 bits per heavy atom. The van der Waals surface area contributed by atoms with Gasteiger partial charge in [0.1, 0.15) is 11.8 Å². The molecule has 0 saturated carbocycles. The molecule has 0 radical (unpaired) electrons. The van der Waals surface area contributed by atoms with Crippen LogP contribution < -0.4 is 15.2 Å². The van der Waals surface area contributed by atoms with Crippen LogP contribution in [-0.2, 0) is 5.54 Å².